The molecule has 7 aromatic rings. The number of ether oxygens (including phenoxy) is 1. The number of oxazole rings is 1. The lowest BCUT2D eigenvalue weighted by Crippen LogP contribution is -2.01. The zero-order valence-corrected chi connectivity index (χ0v) is 22.5. The van der Waals surface area contributed by atoms with Crippen LogP contribution >= 0.6 is 0 Å². The van der Waals surface area contributed by atoms with Crippen LogP contribution in [0.5, 0.6) is 0 Å². The lowest BCUT2D eigenvalue weighted by Gasteiger charge is -2.19. The monoisotopic (exact) mass is 544 g/mol. The van der Waals surface area contributed by atoms with Crippen molar-refractivity contribution in [2.45, 2.75) is 6.10 Å². The number of hydrogen-bond donors (Lipinski definition) is 0. The van der Waals surface area contributed by atoms with Crippen LogP contribution in [-0.4, -0.2) is 27.9 Å². The van der Waals surface area contributed by atoms with Gasteiger partial charge in [0.2, 0.25) is 0 Å². The van der Waals surface area contributed by atoms with Gasteiger partial charge in [-0.1, -0.05) is 66.7 Å². The van der Waals surface area contributed by atoms with Crippen LogP contribution in [-0.2, 0) is 4.74 Å². The Bertz CT molecular complexity index is 2100. The zero-order chi connectivity index (χ0) is 27.9. The molecule has 0 fully saturated rings. The van der Waals surface area contributed by atoms with E-state index in [0.29, 0.717) is 12.3 Å². The van der Waals surface area contributed by atoms with Crippen molar-refractivity contribution in [2.24, 2.45) is 4.99 Å². The highest BCUT2D eigenvalue weighted by molar-refractivity contribution is 6.21. The molecular weight excluding hydrogens is 520 g/mol. The summed E-state index contributed by atoms with van der Waals surface area (Å²) in [5.41, 5.74) is 8.17. The normalized spacial score (nSPS) is 14.4. The van der Waals surface area contributed by atoms with Gasteiger partial charge in [0.1, 0.15) is 6.10 Å². The predicted octanol–water partition coefficient (Wildman–Crippen LogP) is 8.54. The minimum absolute atomic E-state index is 0.105. The third kappa shape index (κ3) is 4.12. The fraction of sp³-hybridized carbons (Fsp3) is 0.0556. The maximum Gasteiger partial charge on any atom is 0.181 e. The second-order valence-corrected chi connectivity index (χ2v) is 10.3. The maximum absolute atomic E-state index is 5.76. The van der Waals surface area contributed by atoms with E-state index in [1.165, 1.54) is 12.8 Å². The van der Waals surface area contributed by atoms with Gasteiger partial charge in [-0.25, -0.2) is 4.98 Å². The van der Waals surface area contributed by atoms with Crippen molar-refractivity contribution >= 4 is 27.9 Å². The van der Waals surface area contributed by atoms with Crippen LogP contribution in [0.3, 0.4) is 0 Å². The van der Waals surface area contributed by atoms with E-state index >= 15 is 0 Å². The molecule has 0 saturated carbocycles. The molecule has 0 N–H and O–H groups in total. The van der Waals surface area contributed by atoms with Gasteiger partial charge in [-0.05, 0) is 68.6 Å². The smallest absolute Gasteiger partial charge is 0.181 e. The summed E-state index contributed by atoms with van der Waals surface area (Å²) in [5.74, 6) is 0.703. The molecule has 1 aliphatic rings. The molecule has 200 valence electrons. The van der Waals surface area contributed by atoms with Crippen LogP contribution in [0.2, 0.25) is 0 Å². The van der Waals surface area contributed by atoms with Crippen LogP contribution in [0, 0.1) is 0 Å². The number of benzene rings is 4. The molecule has 42 heavy (non-hydrogen) atoms. The minimum atomic E-state index is -0.105. The van der Waals surface area contributed by atoms with Crippen molar-refractivity contribution in [1.82, 2.24) is 15.0 Å². The largest absolute Gasteiger partial charge is 0.474 e. The molecule has 0 amide bonds. The Hall–Kier alpha value is -5.62. The van der Waals surface area contributed by atoms with Crippen molar-refractivity contribution in [1.29, 1.82) is 0 Å². The summed E-state index contributed by atoms with van der Waals surface area (Å²) in [4.78, 5) is 18.1. The molecule has 4 aromatic carbocycles. The van der Waals surface area contributed by atoms with Gasteiger partial charge >= 0.3 is 0 Å². The molecule has 0 radical (unpaired) electrons. The van der Waals surface area contributed by atoms with E-state index in [4.69, 9.17) is 19.1 Å². The first kappa shape index (κ1) is 24.2. The number of aliphatic imine (C=N–C) groups is 1. The summed E-state index contributed by atoms with van der Waals surface area (Å²) < 4.78 is 11.4. The number of pyridine rings is 2. The van der Waals surface area contributed by atoms with Gasteiger partial charge in [-0.15, -0.1) is 0 Å². The van der Waals surface area contributed by atoms with E-state index < -0.39 is 0 Å². The molecular formula is C36H24N4O2. The topological polar surface area (TPSA) is 73.4 Å². The highest BCUT2D eigenvalue weighted by Crippen LogP contribution is 2.44. The third-order valence-electron chi connectivity index (χ3n) is 7.85. The summed E-state index contributed by atoms with van der Waals surface area (Å²) in [7, 11) is 0. The molecule has 1 unspecified atom stereocenters. The molecule has 0 bridgehead atoms. The lowest BCUT2D eigenvalue weighted by molar-refractivity contribution is 0.240. The summed E-state index contributed by atoms with van der Waals surface area (Å²) in [5, 5.41) is 4.40. The van der Waals surface area contributed by atoms with Gasteiger partial charge in [0.05, 0.1) is 24.1 Å². The quantitative estimate of drug-likeness (QED) is 0.203. The Kier molecular flexibility index (Phi) is 5.81. The minimum Gasteiger partial charge on any atom is -0.474 e. The van der Waals surface area contributed by atoms with Crippen molar-refractivity contribution in [3.63, 3.8) is 0 Å². The SMILES string of the molecule is C1=NCC(c2ccnc(-c3c4ccccc4c(-c4cc(-c5cnco5)ccn4)c4ccc(-c5ccccc5)cc34)c2)O1. The van der Waals surface area contributed by atoms with Gasteiger partial charge in [0, 0.05) is 29.1 Å². The Labute approximate surface area is 242 Å². The van der Waals surface area contributed by atoms with Crippen molar-refractivity contribution in [3.8, 4) is 45.0 Å². The maximum atomic E-state index is 5.76. The van der Waals surface area contributed by atoms with Crippen molar-refractivity contribution in [3.05, 3.63) is 128 Å². The Morgan fingerprint density at radius 3 is 2.12 bits per heavy atom. The molecule has 0 spiro atoms. The van der Waals surface area contributed by atoms with Crippen LogP contribution in [0.4, 0.5) is 0 Å². The van der Waals surface area contributed by atoms with Crippen molar-refractivity contribution < 1.29 is 9.15 Å². The number of hydrogen-bond acceptors (Lipinski definition) is 6. The Morgan fingerprint density at radius 1 is 0.619 bits per heavy atom. The predicted molar refractivity (Wildman–Crippen MR) is 166 cm³/mol. The van der Waals surface area contributed by atoms with Crippen LogP contribution in [0.15, 0.2) is 131 Å². The van der Waals surface area contributed by atoms with E-state index in [0.717, 1.165) is 66.3 Å². The summed E-state index contributed by atoms with van der Waals surface area (Å²) in [6.45, 7) is 0.606. The standard InChI is InChI=1S/C36H24N4O2/c1-2-6-23(7-3-1)24-10-11-29-30(16-24)36(32-18-26(13-15-40-32)34-20-38-22-42-34)28-9-5-4-8-27(28)35(29)31-17-25(12-14-39-31)33-19-37-21-41-33/h1-19,21-22,34H,20H2. The highest BCUT2D eigenvalue weighted by atomic mass is 16.5. The number of rotatable bonds is 5. The molecule has 0 saturated heterocycles. The van der Waals surface area contributed by atoms with Gasteiger partial charge < -0.3 is 9.15 Å². The molecule has 3 aromatic heterocycles. The van der Waals surface area contributed by atoms with E-state index in [2.05, 4.69) is 88.8 Å². The molecule has 0 aliphatic carbocycles. The number of fused-ring (bicyclic) bond motifs is 2. The Morgan fingerprint density at radius 2 is 1.36 bits per heavy atom. The highest BCUT2D eigenvalue weighted by Gasteiger charge is 2.21. The van der Waals surface area contributed by atoms with Crippen LogP contribution in [0.25, 0.3) is 66.5 Å². The molecule has 4 heterocycles. The van der Waals surface area contributed by atoms with Gasteiger partial charge in [-0.3, -0.25) is 15.0 Å². The second-order valence-electron chi connectivity index (χ2n) is 10.3. The molecule has 8 rings (SSSR count). The van der Waals surface area contributed by atoms with Crippen LogP contribution < -0.4 is 0 Å². The van der Waals surface area contributed by atoms with Gasteiger partial charge in [0.25, 0.3) is 0 Å². The molecule has 6 heteroatoms. The van der Waals surface area contributed by atoms with Crippen LogP contribution in [0.1, 0.15) is 11.7 Å². The second kappa shape index (κ2) is 10.1. The van der Waals surface area contributed by atoms with E-state index in [9.17, 15) is 0 Å². The average molecular weight is 545 g/mol. The fourth-order valence-corrected chi connectivity index (χ4v) is 5.89. The number of nitrogens with zero attached hydrogens (tertiary/aromatic N) is 4. The van der Waals surface area contributed by atoms with Crippen molar-refractivity contribution in [2.75, 3.05) is 6.54 Å². The third-order valence-corrected chi connectivity index (χ3v) is 7.85. The Balaban J connectivity index is 1.44. The summed E-state index contributed by atoms with van der Waals surface area (Å²) >= 11 is 0. The lowest BCUT2D eigenvalue weighted by atomic mass is 9.86. The average Bonchev–Trinajstić information content (AvgIpc) is 3.80. The molecule has 1 atom stereocenters. The summed E-state index contributed by atoms with van der Waals surface area (Å²) in [6, 6.07) is 33.8. The van der Waals surface area contributed by atoms with E-state index in [1.54, 1.807) is 6.20 Å². The first-order valence-electron chi connectivity index (χ1n) is 13.8. The van der Waals surface area contributed by atoms with E-state index in [1.807, 2.05) is 30.6 Å². The van der Waals surface area contributed by atoms with E-state index in [-0.39, 0.29) is 6.10 Å². The first-order valence-corrected chi connectivity index (χ1v) is 13.8. The van der Waals surface area contributed by atoms with Gasteiger partial charge in [0.15, 0.2) is 18.6 Å². The fourth-order valence-electron chi connectivity index (χ4n) is 5.89. The molecule has 1 aliphatic heterocycles. The zero-order valence-electron chi connectivity index (χ0n) is 22.5. The summed E-state index contributed by atoms with van der Waals surface area (Å²) in [6.07, 6.45) is 8.30. The first-order chi connectivity index (χ1) is 20.8. The number of aromatic nitrogens is 3. The van der Waals surface area contributed by atoms with Gasteiger partial charge in [-0.2, -0.15) is 0 Å². The molecule has 6 nitrogen and oxygen atoms in total.